The second kappa shape index (κ2) is 5.72. The number of nitrogens with two attached hydrogens (primary N) is 1. The molecule has 0 aromatic rings. The van der Waals surface area contributed by atoms with Crippen molar-refractivity contribution in [2.24, 2.45) is 11.1 Å². The van der Waals surface area contributed by atoms with Crippen molar-refractivity contribution in [1.82, 2.24) is 4.90 Å². The van der Waals surface area contributed by atoms with Crippen LogP contribution in [0.15, 0.2) is 0 Å². The van der Waals surface area contributed by atoms with Gasteiger partial charge in [0.1, 0.15) is 11.6 Å². The first kappa shape index (κ1) is 17.0. The number of nitrogens with zero attached hydrogens (tertiary/aromatic N) is 1. The Balaban J connectivity index is 2.80. The fourth-order valence-corrected chi connectivity index (χ4v) is 2.19. The summed E-state index contributed by atoms with van der Waals surface area (Å²) in [5.74, 6) is -0.490. The number of rotatable bonds is 2. The van der Waals surface area contributed by atoms with E-state index < -0.39 is 17.7 Å². The Kier molecular flexibility index (Phi) is 4.85. The molecule has 0 saturated carbocycles. The largest absolute Gasteiger partial charge is 0.458 e. The first-order chi connectivity index (χ1) is 8.93. The minimum absolute atomic E-state index is 0.161. The maximum atomic E-state index is 12.5. The molecule has 1 amide bonds. The maximum Gasteiger partial charge on any atom is 0.329 e. The summed E-state index contributed by atoms with van der Waals surface area (Å²) >= 11 is 0. The second-order valence-corrected chi connectivity index (χ2v) is 7.57. The molecule has 1 aliphatic rings. The molecule has 2 atom stereocenters. The van der Waals surface area contributed by atoms with Gasteiger partial charge in [0.15, 0.2) is 0 Å². The van der Waals surface area contributed by atoms with Crippen LogP contribution >= 0.6 is 0 Å². The van der Waals surface area contributed by atoms with Crippen molar-refractivity contribution in [3.8, 4) is 0 Å². The molecule has 1 fully saturated rings. The van der Waals surface area contributed by atoms with Crippen molar-refractivity contribution in [2.45, 2.75) is 72.1 Å². The summed E-state index contributed by atoms with van der Waals surface area (Å²) in [5.41, 5.74) is 5.16. The van der Waals surface area contributed by atoms with Crippen LogP contribution in [0.5, 0.6) is 0 Å². The first-order valence-electron chi connectivity index (χ1n) is 7.22. The number of carbonyl (C=O) groups excluding carboxylic acids is 2. The van der Waals surface area contributed by atoms with Crippen molar-refractivity contribution in [3.05, 3.63) is 0 Å². The van der Waals surface area contributed by atoms with Gasteiger partial charge < -0.3 is 15.4 Å². The number of esters is 1. The molecule has 0 unspecified atom stereocenters. The maximum absolute atomic E-state index is 12.5. The summed E-state index contributed by atoms with van der Waals surface area (Å²) in [6.07, 6.45) is 1.46. The molecule has 0 aromatic heterocycles. The average Bonchev–Trinajstić information content (AvgIpc) is 2.72. The van der Waals surface area contributed by atoms with Crippen molar-refractivity contribution >= 4 is 11.9 Å². The molecule has 0 aliphatic carbocycles. The van der Waals surface area contributed by atoms with E-state index in [0.717, 1.165) is 6.42 Å². The minimum atomic E-state index is -0.606. The van der Waals surface area contributed by atoms with Crippen LogP contribution in [-0.4, -0.2) is 41.0 Å². The number of carbonyl (C=O) groups is 2. The lowest BCUT2D eigenvalue weighted by Crippen LogP contribution is -2.53. The Morgan fingerprint density at radius 1 is 1.20 bits per heavy atom. The van der Waals surface area contributed by atoms with Gasteiger partial charge in [0.05, 0.1) is 6.04 Å². The van der Waals surface area contributed by atoms with E-state index in [-0.39, 0.29) is 17.3 Å². The highest BCUT2D eigenvalue weighted by Gasteiger charge is 2.40. The molecule has 0 bridgehead atoms. The molecule has 1 saturated heterocycles. The smallest absolute Gasteiger partial charge is 0.329 e. The third kappa shape index (κ3) is 4.20. The van der Waals surface area contributed by atoms with Gasteiger partial charge >= 0.3 is 5.97 Å². The van der Waals surface area contributed by atoms with Crippen LogP contribution in [0, 0.1) is 5.41 Å². The molecule has 1 aliphatic heterocycles. The Morgan fingerprint density at radius 3 is 2.20 bits per heavy atom. The van der Waals surface area contributed by atoms with E-state index in [2.05, 4.69) is 0 Å². The highest BCUT2D eigenvalue weighted by atomic mass is 16.6. The molecule has 5 nitrogen and oxygen atoms in total. The van der Waals surface area contributed by atoms with Crippen LogP contribution in [0.25, 0.3) is 0 Å². The molecular weight excluding hydrogens is 256 g/mol. The van der Waals surface area contributed by atoms with E-state index in [0.29, 0.717) is 13.0 Å². The summed E-state index contributed by atoms with van der Waals surface area (Å²) in [7, 11) is 0. The number of ether oxygens (including phenoxy) is 1. The van der Waals surface area contributed by atoms with Gasteiger partial charge in [-0.05, 0) is 39.0 Å². The van der Waals surface area contributed by atoms with Crippen LogP contribution in [-0.2, 0) is 14.3 Å². The summed E-state index contributed by atoms with van der Waals surface area (Å²) < 4.78 is 5.39. The van der Waals surface area contributed by atoms with Gasteiger partial charge in [-0.1, -0.05) is 20.8 Å². The molecule has 2 N–H and O–H groups in total. The quantitative estimate of drug-likeness (QED) is 0.783. The molecular formula is C15H28N2O3. The van der Waals surface area contributed by atoms with Crippen molar-refractivity contribution in [2.75, 3.05) is 6.54 Å². The van der Waals surface area contributed by atoms with Gasteiger partial charge in [-0.3, -0.25) is 4.79 Å². The molecule has 116 valence electrons. The van der Waals surface area contributed by atoms with Gasteiger partial charge in [-0.2, -0.15) is 0 Å². The fourth-order valence-electron chi connectivity index (χ4n) is 2.19. The lowest BCUT2D eigenvalue weighted by Gasteiger charge is -2.33. The number of amides is 1. The van der Waals surface area contributed by atoms with Crippen LogP contribution in [0.3, 0.4) is 0 Å². The van der Waals surface area contributed by atoms with Crippen LogP contribution in [0.2, 0.25) is 0 Å². The SMILES string of the molecule is CC(C)(C)OC(=O)[C@@H]1CCCN1C(=O)[C@@H](N)C(C)(C)C. The summed E-state index contributed by atoms with van der Waals surface area (Å²) in [6.45, 7) is 11.8. The van der Waals surface area contributed by atoms with Crippen LogP contribution in [0.4, 0.5) is 0 Å². The second-order valence-electron chi connectivity index (χ2n) is 7.57. The monoisotopic (exact) mass is 284 g/mol. The molecule has 1 heterocycles. The highest BCUT2D eigenvalue weighted by molar-refractivity contribution is 5.88. The summed E-state index contributed by atoms with van der Waals surface area (Å²) in [6, 6.07) is -1.10. The van der Waals surface area contributed by atoms with Crippen LogP contribution in [0.1, 0.15) is 54.4 Å². The number of hydrogen-bond donors (Lipinski definition) is 1. The molecule has 0 aromatic carbocycles. The molecule has 0 radical (unpaired) electrons. The molecule has 1 rings (SSSR count). The predicted molar refractivity (Wildman–Crippen MR) is 78.0 cm³/mol. The lowest BCUT2D eigenvalue weighted by atomic mass is 9.86. The van der Waals surface area contributed by atoms with E-state index in [4.69, 9.17) is 10.5 Å². The third-order valence-electron chi connectivity index (χ3n) is 3.41. The zero-order chi connectivity index (χ0) is 15.7. The fraction of sp³-hybridized carbons (Fsp3) is 0.867. The van der Waals surface area contributed by atoms with Crippen molar-refractivity contribution < 1.29 is 14.3 Å². The lowest BCUT2D eigenvalue weighted by molar-refractivity contribution is -0.163. The highest BCUT2D eigenvalue weighted by Crippen LogP contribution is 2.25. The van der Waals surface area contributed by atoms with Gasteiger partial charge in [-0.15, -0.1) is 0 Å². The number of hydrogen-bond acceptors (Lipinski definition) is 4. The molecule has 0 spiro atoms. The Bertz CT molecular complexity index is 380. The summed E-state index contributed by atoms with van der Waals surface area (Å²) in [5, 5.41) is 0. The standard InChI is InChI=1S/C15H28N2O3/c1-14(2,3)11(16)12(18)17-9-7-8-10(17)13(19)20-15(4,5)6/h10-11H,7-9,16H2,1-6H3/t10-,11+/m0/s1. The Labute approximate surface area is 121 Å². The molecule has 20 heavy (non-hydrogen) atoms. The predicted octanol–water partition coefficient (Wildman–Crippen LogP) is 1.69. The van der Waals surface area contributed by atoms with E-state index in [1.165, 1.54) is 0 Å². The Hall–Kier alpha value is -1.10. The van der Waals surface area contributed by atoms with Gasteiger partial charge in [0.2, 0.25) is 5.91 Å². The first-order valence-corrected chi connectivity index (χ1v) is 7.22. The van der Waals surface area contributed by atoms with Gasteiger partial charge in [-0.25, -0.2) is 4.79 Å². The average molecular weight is 284 g/mol. The van der Waals surface area contributed by atoms with Gasteiger partial charge in [0.25, 0.3) is 0 Å². The van der Waals surface area contributed by atoms with E-state index >= 15 is 0 Å². The Morgan fingerprint density at radius 2 is 1.75 bits per heavy atom. The normalized spacial score (nSPS) is 21.8. The minimum Gasteiger partial charge on any atom is -0.458 e. The van der Waals surface area contributed by atoms with Crippen LogP contribution < -0.4 is 5.73 Å². The van der Waals surface area contributed by atoms with Crippen molar-refractivity contribution in [1.29, 1.82) is 0 Å². The van der Waals surface area contributed by atoms with E-state index in [1.54, 1.807) is 4.90 Å². The topological polar surface area (TPSA) is 72.6 Å². The van der Waals surface area contributed by atoms with Gasteiger partial charge in [0, 0.05) is 6.54 Å². The molecule has 5 heteroatoms. The zero-order valence-corrected chi connectivity index (χ0v) is 13.5. The van der Waals surface area contributed by atoms with E-state index in [1.807, 2.05) is 41.5 Å². The zero-order valence-electron chi connectivity index (χ0n) is 13.5. The summed E-state index contributed by atoms with van der Waals surface area (Å²) in [4.78, 5) is 26.2. The van der Waals surface area contributed by atoms with E-state index in [9.17, 15) is 9.59 Å². The third-order valence-corrected chi connectivity index (χ3v) is 3.41. The number of likely N-dealkylation sites (tertiary alicyclic amines) is 1. The van der Waals surface area contributed by atoms with Crippen molar-refractivity contribution in [3.63, 3.8) is 0 Å².